The molecule has 0 unspecified atom stereocenters. The fourth-order valence-electron chi connectivity index (χ4n) is 5.93. The third kappa shape index (κ3) is 5.79. The molecule has 3 aliphatic heterocycles. The van der Waals surface area contributed by atoms with Gasteiger partial charge < -0.3 is 15.5 Å². The summed E-state index contributed by atoms with van der Waals surface area (Å²) in [5.74, 6) is 0.291. The number of hydrogen-bond donors (Lipinski definition) is 2. The van der Waals surface area contributed by atoms with Gasteiger partial charge in [-0.3, -0.25) is 24.0 Å². The van der Waals surface area contributed by atoms with Gasteiger partial charge in [-0.05, 0) is 58.0 Å². The quantitative estimate of drug-likeness (QED) is 0.695. The highest BCUT2D eigenvalue weighted by molar-refractivity contribution is 5.88. The number of rotatable bonds is 3. The third-order valence-electron chi connectivity index (χ3n) is 8.13. The number of aromatic nitrogens is 2. The highest BCUT2D eigenvalue weighted by Crippen LogP contribution is 2.38. The Morgan fingerprint density at radius 1 is 1.15 bits per heavy atom. The van der Waals surface area contributed by atoms with E-state index in [0.29, 0.717) is 13.1 Å². The monoisotopic (exact) mass is 472 g/mol. The molecule has 0 aliphatic carbocycles. The Bertz CT molecular complexity index is 876. The van der Waals surface area contributed by atoms with Crippen LogP contribution in [0.15, 0.2) is 12.4 Å². The molecule has 2 atom stereocenters. The molecule has 3 amide bonds. The van der Waals surface area contributed by atoms with Gasteiger partial charge in [0.25, 0.3) is 0 Å². The highest BCUT2D eigenvalue weighted by atomic mass is 16.2. The molecule has 1 aromatic heterocycles. The van der Waals surface area contributed by atoms with Crippen molar-refractivity contribution < 1.29 is 14.4 Å². The van der Waals surface area contributed by atoms with Gasteiger partial charge in [-0.2, -0.15) is 5.10 Å². The van der Waals surface area contributed by atoms with Crippen molar-refractivity contribution in [1.29, 1.82) is 0 Å². The lowest BCUT2D eigenvalue weighted by Crippen LogP contribution is -2.55. The first-order valence-electron chi connectivity index (χ1n) is 13.0. The van der Waals surface area contributed by atoms with E-state index in [1.165, 1.54) is 5.56 Å². The maximum atomic E-state index is 13.3. The van der Waals surface area contributed by atoms with Crippen LogP contribution in [-0.2, 0) is 27.5 Å². The second-order valence-corrected chi connectivity index (χ2v) is 10.4. The van der Waals surface area contributed by atoms with Crippen molar-refractivity contribution in [3.63, 3.8) is 0 Å². The Balaban J connectivity index is 1.37. The molecule has 188 valence electrons. The molecule has 3 fully saturated rings. The van der Waals surface area contributed by atoms with Gasteiger partial charge in [-0.15, -0.1) is 0 Å². The van der Waals surface area contributed by atoms with Crippen molar-refractivity contribution >= 4 is 17.7 Å². The largest absolute Gasteiger partial charge is 0.351 e. The van der Waals surface area contributed by atoms with Gasteiger partial charge in [0, 0.05) is 50.9 Å². The van der Waals surface area contributed by atoms with Crippen LogP contribution in [-0.4, -0.2) is 76.1 Å². The van der Waals surface area contributed by atoms with Crippen LogP contribution in [0.5, 0.6) is 0 Å². The van der Waals surface area contributed by atoms with Crippen LogP contribution < -0.4 is 10.6 Å². The summed E-state index contributed by atoms with van der Waals surface area (Å²) in [4.78, 5) is 42.1. The van der Waals surface area contributed by atoms with Gasteiger partial charge in [0.1, 0.15) is 0 Å². The van der Waals surface area contributed by atoms with Gasteiger partial charge in [-0.25, -0.2) is 0 Å². The summed E-state index contributed by atoms with van der Waals surface area (Å²) in [6.07, 6.45) is 10.3. The highest BCUT2D eigenvalue weighted by Gasteiger charge is 2.41. The lowest BCUT2D eigenvalue weighted by atomic mass is 9.73. The Labute approximate surface area is 202 Å². The molecule has 4 heterocycles. The lowest BCUT2D eigenvalue weighted by Gasteiger charge is -2.42. The number of nitrogens with one attached hydrogen (secondary N) is 2. The molecule has 1 spiro atoms. The number of nitrogens with zero attached hydrogens (tertiary/aromatic N) is 4. The van der Waals surface area contributed by atoms with Crippen molar-refractivity contribution in [2.24, 2.45) is 11.3 Å². The van der Waals surface area contributed by atoms with E-state index in [1.54, 1.807) is 6.92 Å². The molecule has 0 saturated carbocycles. The van der Waals surface area contributed by atoms with Crippen LogP contribution in [0.2, 0.25) is 0 Å². The van der Waals surface area contributed by atoms with E-state index < -0.39 is 5.41 Å². The number of hydrogen-bond acceptors (Lipinski definition) is 5. The van der Waals surface area contributed by atoms with Crippen molar-refractivity contribution in [3.8, 4) is 0 Å². The first-order chi connectivity index (χ1) is 16.4. The zero-order chi connectivity index (χ0) is 24.1. The van der Waals surface area contributed by atoms with E-state index in [0.717, 1.165) is 71.1 Å². The number of amides is 3. The molecule has 0 bridgehead atoms. The second kappa shape index (κ2) is 10.9. The van der Waals surface area contributed by atoms with Crippen molar-refractivity contribution in [3.05, 3.63) is 18.0 Å². The maximum absolute atomic E-state index is 13.3. The van der Waals surface area contributed by atoms with Crippen molar-refractivity contribution in [2.75, 3.05) is 32.7 Å². The molecule has 1 aromatic rings. The zero-order valence-corrected chi connectivity index (χ0v) is 20.7. The Morgan fingerprint density at radius 2 is 1.94 bits per heavy atom. The fourth-order valence-corrected chi connectivity index (χ4v) is 5.93. The van der Waals surface area contributed by atoms with E-state index in [9.17, 15) is 14.4 Å². The Morgan fingerprint density at radius 3 is 2.65 bits per heavy atom. The van der Waals surface area contributed by atoms with Gasteiger partial charge in [0.2, 0.25) is 17.7 Å². The minimum Gasteiger partial charge on any atom is -0.351 e. The van der Waals surface area contributed by atoms with Crippen LogP contribution in [0.4, 0.5) is 0 Å². The SMILES string of the molecule is CCn1cc(CN2CCC3(CCCC[C@H]4CN(C(C)=O)CC[C@H]4NC(=O)CNC3=O)CC2)cn1. The molecular formula is C25H40N6O3. The number of carbonyl (C=O) groups excluding carboxylic acids is 3. The summed E-state index contributed by atoms with van der Waals surface area (Å²) in [5.41, 5.74) is 0.806. The summed E-state index contributed by atoms with van der Waals surface area (Å²) in [5, 5.41) is 10.5. The summed E-state index contributed by atoms with van der Waals surface area (Å²) in [7, 11) is 0. The molecule has 3 aliphatic rings. The van der Waals surface area contributed by atoms with Gasteiger partial charge >= 0.3 is 0 Å². The minimum absolute atomic E-state index is 0.0279. The molecule has 4 rings (SSSR count). The smallest absolute Gasteiger partial charge is 0.239 e. The summed E-state index contributed by atoms with van der Waals surface area (Å²) < 4.78 is 1.94. The summed E-state index contributed by atoms with van der Waals surface area (Å²) in [6.45, 7) is 8.59. The Hall–Kier alpha value is -2.42. The van der Waals surface area contributed by atoms with Gasteiger partial charge in [0.05, 0.1) is 18.2 Å². The van der Waals surface area contributed by atoms with Gasteiger partial charge in [0.15, 0.2) is 0 Å². The normalized spacial score (nSPS) is 26.7. The van der Waals surface area contributed by atoms with Crippen LogP contribution in [0.1, 0.15) is 64.4 Å². The molecule has 34 heavy (non-hydrogen) atoms. The molecule has 2 N–H and O–H groups in total. The van der Waals surface area contributed by atoms with E-state index in [-0.39, 0.29) is 36.2 Å². The molecule has 9 heteroatoms. The zero-order valence-electron chi connectivity index (χ0n) is 20.7. The van der Waals surface area contributed by atoms with E-state index in [4.69, 9.17) is 0 Å². The number of carbonyl (C=O) groups is 3. The topological polar surface area (TPSA) is 99.6 Å². The predicted molar refractivity (Wildman–Crippen MR) is 129 cm³/mol. The molecule has 9 nitrogen and oxygen atoms in total. The summed E-state index contributed by atoms with van der Waals surface area (Å²) >= 11 is 0. The third-order valence-corrected chi connectivity index (χ3v) is 8.13. The number of likely N-dealkylation sites (tertiary alicyclic amines) is 2. The molecule has 0 radical (unpaired) electrons. The number of aryl methyl sites for hydroxylation is 1. The van der Waals surface area contributed by atoms with Gasteiger partial charge in [-0.1, -0.05) is 12.8 Å². The van der Waals surface area contributed by atoms with E-state index in [1.807, 2.05) is 15.8 Å². The van der Waals surface area contributed by atoms with E-state index >= 15 is 0 Å². The average Bonchev–Trinajstić information content (AvgIpc) is 3.29. The van der Waals surface area contributed by atoms with Crippen LogP contribution in [0, 0.1) is 11.3 Å². The number of piperidine rings is 2. The molecular weight excluding hydrogens is 432 g/mol. The maximum Gasteiger partial charge on any atom is 0.239 e. The fraction of sp³-hybridized carbons (Fsp3) is 0.760. The van der Waals surface area contributed by atoms with Crippen LogP contribution >= 0.6 is 0 Å². The van der Waals surface area contributed by atoms with Crippen LogP contribution in [0.25, 0.3) is 0 Å². The lowest BCUT2D eigenvalue weighted by molar-refractivity contribution is -0.137. The Kier molecular flexibility index (Phi) is 7.91. The summed E-state index contributed by atoms with van der Waals surface area (Å²) in [6, 6.07) is 0.0775. The van der Waals surface area contributed by atoms with Crippen molar-refractivity contribution in [2.45, 2.75) is 77.9 Å². The first-order valence-corrected chi connectivity index (χ1v) is 13.0. The van der Waals surface area contributed by atoms with E-state index in [2.05, 4.69) is 33.8 Å². The molecule has 0 aromatic carbocycles. The predicted octanol–water partition coefficient (Wildman–Crippen LogP) is 1.53. The second-order valence-electron chi connectivity index (χ2n) is 10.4. The number of fused-ring (bicyclic) bond motifs is 1. The average molecular weight is 473 g/mol. The van der Waals surface area contributed by atoms with Crippen molar-refractivity contribution in [1.82, 2.24) is 30.2 Å². The minimum atomic E-state index is -0.402. The standard InChI is InChI=1S/C25H40N6O3/c1-3-31-17-20(14-27-31)16-29-12-9-25(10-13-29)8-5-4-6-21-18-30(19(2)32)11-7-22(21)28-23(33)15-26-24(25)34/h14,17,21-22H,3-13,15-16,18H2,1-2H3,(H,26,34)(H,28,33)/t21-,22+/m0/s1. The van der Waals surface area contributed by atoms with Crippen LogP contribution in [0.3, 0.4) is 0 Å². The first kappa shape index (κ1) is 24.7. The molecule has 3 saturated heterocycles.